The number of sulfonamides is 1. The third-order valence-electron chi connectivity index (χ3n) is 3.97. The quantitative estimate of drug-likeness (QED) is 0.767. The van der Waals surface area contributed by atoms with Crippen molar-refractivity contribution in [3.63, 3.8) is 0 Å². The molecule has 108 valence electrons. The standard InChI is InChI=1S/C13H16N2O4S/c1-20(17,18)15-7-4-13(5-8-15)9-11(16)10-3-2-6-14-12(10)19-13/h2-3,6H,4-5,7-9H2,1H3. The minimum absolute atomic E-state index is 0.0205. The third-order valence-corrected chi connectivity index (χ3v) is 5.27. The van der Waals surface area contributed by atoms with Gasteiger partial charge in [0.2, 0.25) is 15.9 Å². The van der Waals surface area contributed by atoms with Crippen LogP contribution in [0.5, 0.6) is 5.88 Å². The highest BCUT2D eigenvalue weighted by Crippen LogP contribution is 2.38. The molecule has 7 heteroatoms. The highest BCUT2D eigenvalue weighted by atomic mass is 32.2. The molecule has 1 spiro atoms. The molecule has 2 aliphatic rings. The molecular weight excluding hydrogens is 280 g/mol. The SMILES string of the molecule is CS(=O)(=O)N1CCC2(CC1)CC(=O)c1cccnc1O2. The third kappa shape index (κ3) is 2.31. The topological polar surface area (TPSA) is 76.6 Å². The van der Waals surface area contributed by atoms with Crippen molar-refractivity contribution in [1.29, 1.82) is 0 Å². The smallest absolute Gasteiger partial charge is 0.224 e. The number of hydrogen-bond donors (Lipinski definition) is 0. The fourth-order valence-corrected chi connectivity index (χ4v) is 3.66. The lowest BCUT2D eigenvalue weighted by Gasteiger charge is -2.42. The summed E-state index contributed by atoms with van der Waals surface area (Å²) in [6.07, 6.45) is 4.12. The van der Waals surface area contributed by atoms with Crippen LogP contribution in [0, 0.1) is 0 Å². The lowest BCUT2D eigenvalue weighted by molar-refractivity contribution is 0.00242. The number of rotatable bonds is 1. The van der Waals surface area contributed by atoms with Crippen LogP contribution in [0.3, 0.4) is 0 Å². The van der Waals surface area contributed by atoms with Crippen molar-refractivity contribution in [3.8, 4) is 5.88 Å². The molecule has 3 rings (SSSR count). The summed E-state index contributed by atoms with van der Waals surface area (Å²) in [5.41, 5.74) is -0.0803. The van der Waals surface area contributed by atoms with Gasteiger partial charge in [-0.2, -0.15) is 0 Å². The van der Waals surface area contributed by atoms with Crippen molar-refractivity contribution in [3.05, 3.63) is 23.9 Å². The number of hydrogen-bond acceptors (Lipinski definition) is 5. The number of ketones is 1. The Morgan fingerprint density at radius 1 is 1.35 bits per heavy atom. The van der Waals surface area contributed by atoms with E-state index in [0.717, 1.165) is 0 Å². The summed E-state index contributed by atoms with van der Waals surface area (Å²) in [5.74, 6) is 0.392. The normalized spacial score (nSPS) is 22.4. The van der Waals surface area contributed by atoms with Crippen molar-refractivity contribution in [2.75, 3.05) is 19.3 Å². The number of piperidine rings is 1. The minimum atomic E-state index is -3.18. The Labute approximate surface area is 117 Å². The first-order valence-electron chi connectivity index (χ1n) is 6.52. The zero-order valence-electron chi connectivity index (χ0n) is 11.2. The molecule has 0 bridgehead atoms. The Morgan fingerprint density at radius 3 is 2.70 bits per heavy atom. The number of fused-ring (bicyclic) bond motifs is 1. The van der Waals surface area contributed by atoms with Crippen LogP contribution in [-0.2, 0) is 10.0 Å². The molecular formula is C13H16N2O4S. The maximum atomic E-state index is 12.2. The number of carbonyl (C=O) groups excluding carboxylic acids is 1. The number of Topliss-reactive ketones (excluding diaryl/α,β-unsaturated/α-hetero) is 1. The summed E-state index contributed by atoms with van der Waals surface area (Å²) in [6, 6.07) is 3.42. The van der Waals surface area contributed by atoms with Gasteiger partial charge in [0.05, 0.1) is 18.2 Å². The van der Waals surface area contributed by atoms with Gasteiger partial charge in [0.25, 0.3) is 0 Å². The van der Waals surface area contributed by atoms with E-state index >= 15 is 0 Å². The number of aromatic nitrogens is 1. The van der Waals surface area contributed by atoms with Crippen LogP contribution in [0.15, 0.2) is 18.3 Å². The lowest BCUT2D eigenvalue weighted by atomic mass is 9.84. The van der Waals surface area contributed by atoms with E-state index in [-0.39, 0.29) is 5.78 Å². The van der Waals surface area contributed by atoms with Gasteiger partial charge in [-0.25, -0.2) is 17.7 Å². The van der Waals surface area contributed by atoms with Gasteiger partial charge >= 0.3 is 0 Å². The van der Waals surface area contributed by atoms with Gasteiger partial charge in [-0.15, -0.1) is 0 Å². The highest BCUT2D eigenvalue weighted by Gasteiger charge is 2.44. The van der Waals surface area contributed by atoms with Crippen LogP contribution in [0.2, 0.25) is 0 Å². The maximum absolute atomic E-state index is 12.2. The molecule has 3 heterocycles. The molecule has 0 N–H and O–H groups in total. The van der Waals surface area contributed by atoms with E-state index in [1.54, 1.807) is 18.3 Å². The molecule has 0 radical (unpaired) electrons. The molecule has 0 unspecified atom stereocenters. The summed E-state index contributed by atoms with van der Waals surface area (Å²) < 4.78 is 30.4. The predicted molar refractivity (Wildman–Crippen MR) is 72.2 cm³/mol. The van der Waals surface area contributed by atoms with Gasteiger partial charge in [-0.3, -0.25) is 4.79 Å². The Balaban J connectivity index is 1.82. The molecule has 0 aromatic carbocycles. The molecule has 6 nitrogen and oxygen atoms in total. The van der Waals surface area contributed by atoms with E-state index in [0.29, 0.717) is 43.8 Å². The van der Waals surface area contributed by atoms with Gasteiger partial charge in [-0.1, -0.05) is 0 Å². The summed E-state index contributed by atoms with van der Waals surface area (Å²) in [4.78, 5) is 16.3. The Morgan fingerprint density at radius 2 is 2.05 bits per heavy atom. The largest absolute Gasteiger partial charge is 0.470 e. The maximum Gasteiger partial charge on any atom is 0.224 e. The molecule has 0 amide bonds. The molecule has 20 heavy (non-hydrogen) atoms. The first kappa shape index (κ1) is 13.5. The minimum Gasteiger partial charge on any atom is -0.470 e. The summed E-state index contributed by atoms with van der Waals surface area (Å²) in [5, 5.41) is 0. The van der Waals surface area contributed by atoms with E-state index in [4.69, 9.17) is 4.74 Å². The van der Waals surface area contributed by atoms with Crippen LogP contribution in [-0.4, -0.2) is 48.4 Å². The number of nitrogens with zero attached hydrogens (tertiary/aromatic N) is 2. The van der Waals surface area contributed by atoms with Crippen LogP contribution in [0.25, 0.3) is 0 Å². The highest BCUT2D eigenvalue weighted by molar-refractivity contribution is 7.88. The summed E-state index contributed by atoms with van der Waals surface area (Å²) in [6.45, 7) is 0.766. The Hall–Kier alpha value is -1.47. The van der Waals surface area contributed by atoms with Crippen LogP contribution in [0.4, 0.5) is 0 Å². The van der Waals surface area contributed by atoms with Gasteiger partial charge in [0, 0.05) is 32.1 Å². The first-order valence-corrected chi connectivity index (χ1v) is 8.37. The van der Waals surface area contributed by atoms with E-state index in [1.165, 1.54) is 10.6 Å². The zero-order valence-corrected chi connectivity index (χ0v) is 12.0. The average molecular weight is 296 g/mol. The number of carbonyl (C=O) groups is 1. The van der Waals surface area contributed by atoms with Crippen molar-refractivity contribution in [2.45, 2.75) is 24.9 Å². The Bertz CT molecular complexity index is 648. The summed E-state index contributed by atoms with van der Waals surface area (Å²) in [7, 11) is -3.18. The monoisotopic (exact) mass is 296 g/mol. The first-order chi connectivity index (χ1) is 9.40. The molecule has 1 fully saturated rings. The summed E-state index contributed by atoms with van der Waals surface area (Å²) >= 11 is 0. The van der Waals surface area contributed by atoms with Crippen molar-refractivity contribution in [1.82, 2.24) is 9.29 Å². The second kappa shape index (κ2) is 4.53. The average Bonchev–Trinajstić information content (AvgIpc) is 2.38. The molecule has 0 aliphatic carbocycles. The van der Waals surface area contributed by atoms with Gasteiger partial charge < -0.3 is 4.74 Å². The molecule has 0 saturated carbocycles. The van der Waals surface area contributed by atoms with E-state index in [1.807, 2.05) is 0 Å². The van der Waals surface area contributed by atoms with E-state index in [9.17, 15) is 13.2 Å². The van der Waals surface area contributed by atoms with Crippen molar-refractivity contribution in [2.24, 2.45) is 0 Å². The fraction of sp³-hybridized carbons (Fsp3) is 0.538. The van der Waals surface area contributed by atoms with Gasteiger partial charge in [0.1, 0.15) is 5.60 Å². The van der Waals surface area contributed by atoms with Gasteiger partial charge in [0.15, 0.2) is 5.78 Å². The predicted octanol–water partition coefficient (Wildman–Crippen LogP) is 0.841. The lowest BCUT2D eigenvalue weighted by Crippen LogP contribution is -2.52. The second-order valence-electron chi connectivity index (χ2n) is 5.40. The molecule has 1 aromatic rings. The van der Waals surface area contributed by atoms with E-state index in [2.05, 4.69) is 4.98 Å². The number of pyridine rings is 1. The number of ether oxygens (including phenoxy) is 1. The molecule has 1 saturated heterocycles. The van der Waals surface area contributed by atoms with Crippen LogP contribution < -0.4 is 4.74 Å². The second-order valence-corrected chi connectivity index (χ2v) is 7.39. The molecule has 1 aromatic heterocycles. The van der Waals surface area contributed by atoms with E-state index < -0.39 is 15.6 Å². The fourth-order valence-electron chi connectivity index (χ4n) is 2.82. The van der Waals surface area contributed by atoms with Crippen molar-refractivity contribution < 1.29 is 17.9 Å². The van der Waals surface area contributed by atoms with Crippen LogP contribution in [0.1, 0.15) is 29.6 Å². The van der Waals surface area contributed by atoms with Crippen molar-refractivity contribution >= 4 is 15.8 Å². The van der Waals surface area contributed by atoms with Gasteiger partial charge in [-0.05, 0) is 12.1 Å². The van der Waals surface area contributed by atoms with Crippen LogP contribution >= 0.6 is 0 Å². The molecule has 2 aliphatic heterocycles. The molecule has 0 atom stereocenters. The Kier molecular flexibility index (Phi) is 3.06. The zero-order chi connectivity index (χ0) is 14.4.